The molecular formula is C16H18F3N3O2. The smallest absolute Gasteiger partial charge is 0.394 e. The summed E-state index contributed by atoms with van der Waals surface area (Å²) in [5.74, 6) is -0.342. The summed E-state index contributed by atoms with van der Waals surface area (Å²) in [5, 5.41) is 11.6. The molecule has 1 atom stereocenters. The van der Waals surface area contributed by atoms with E-state index in [2.05, 4.69) is 15.3 Å². The van der Waals surface area contributed by atoms with Gasteiger partial charge >= 0.3 is 6.18 Å². The molecule has 0 unspecified atom stereocenters. The van der Waals surface area contributed by atoms with Gasteiger partial charge < -0.3 is 15.4 Å². The minimum atomic E-state index is -4.46. The van der Waals surface area contributed by atoms with Gasteiger partial charge in [0.25, 0.3) is 5.91 Å². The van der Waals surface area contributed by atoms with Crippen molar-refractivity contribution < 1.29 is 23.1 Å². The topological polar surface area (TPSA) is 78.0 Å². The van der Waals surface area contributed by atoms with Crippen molar-refractivity contribution >= 4 is 5.91 Å². The SMILES string of the molecule is Cc1c(Cc2ccc(C(F)(F)F)nc2)c[nH]c1C(=O)N[C@H](C)CO. The number of carbonyl (C=O) groups is 1. The highest BCUT2D eigenvalue weighted by Crippen LogP contribution is 2.27. The number of nitrogens with one attached hydrogen (secondary N) is 2. The normalized spacial score (nSPS) is 12.9. The van der Waals surface area contributed by atoms with Crippen molar-refractivity contribution in [2.45, 2.75) is 32.5 Å². The van der Waals surface area contributed by atoms with Gasteiger partial charge in [-0.2, -0.15) is 13.2 Å². The highest BCUT2D eigenvalue weighted by atomic mass is 19.4. The number of aromatic nitrogens is 2. The number of carbonyl (C=O) groups excluding carboxylic acids is 1. The van der Waals surface area contributed by atoms with Crippen molar-refractivity contribution in [3.8, 4) is 0 Å². The molecule has 2 heterocycles. The van der Waals surface area contributed by atoms with Crippen molar-refractivity contribution in [1.82, 2.24) is 15.3 Å². The fourth-order valence-electron chi connectivity index (χ4n) is 2.21. The summed E-state index contributed by atoms with van der Waals surface area (Å²) in [6.45, 7) is 3.25. The van der Waals surface area contributed by atoms with Gasteiger partial charge in [0.15, 0.2) is 0 Å². The van der Waals surface area contributed by atoms with Crippen LogP contribution in [0.25, 0.3) is 0 Å². The molecule has 0 saturated carbocycles. The van der Waals surface area contributed by atoms with Gasteiger partial charge in [-0.15, -0.1) is 0 Å². The molecule has 8 heteroatoms. The highest BCUT2D eigenvalue weighted by Gasteiger charge is 2.32. The highest BCUT2D eigenvalue weighted by molar-refractivity contribution is 5.94. The third-order valence-electron chi connectivity index (χ3n) is 3.64. The van der Waals surface area contributed by atoms with Gasteiger partial charge in [0.05, 0.1) is 6.61 Å². The number of halogens is 3. The van der Waals surface area contributed by atoms with Crippen molar-refractivity contribution in [1.29, 1.82) is 0 Å². The summed E-state index contributed by atoms with van der Waals surface area (Å²) in [4.78, 5) is 18.4. The number of hydrogen-bond donors (Lipinski definition) is 3. The second-order valence-corrected chi connectivity index (χ2v) is 5.60. The molecule has 0 radical (unpaired) electrons. The molecule has 3 N–H and O–H groups in total. The Kier molecular flexibility index (Phi) is 5.28. The molecule has 2 aromatic rings. The molecule has 1 amide bonds. The van der Waals surface area contributed by atoms with Gasteiger partial charge in [0.1, 0.15) is 11.4 Å². The number of aliphatic hydroxyl groups excluding tert-OH is 1. The van der Waals surface area contributed by atoms with E-state index in [0.29, 0.717) is 23.2 Å². The lowest BCUT2D eigenvalue weighted by molar-refractivity contribution is -0.141. The lowest BCUT2D eigenvalue weighted by Gasteiger charge is -2.10. The molecule has 24 heavy (non-hydrogen) atoms. The van der Waals surface area contributed by atoms with E-state index in [0.717, 1.165) is 11.6 Å². The van der Waals surface area contributed by atoms with Crippen LogP contribution in [-0.2, 0) is 12.6 Å². The quantitative estimate of drug-likeness (QED) is 0.782. The first-order valence-electron chi connectivity index (χ1n) is 7.33. The van der Waals surface area contributed by atoms with E-state index < -0.39 is 11.9 Å². The second-order valence-electron chi connectivity index (χ2n) is 5.60. The van der Waals surface area contributed by atoms with E-state index in [1.54, 1.807) is 20.0 Å². The molecule has 5 nitrogen and oxygen atoms in total. The number of aromatic amines is 1. The van der Waals surface area contributed by atoms with Gasteiger partial charge in [0.2, 0.25) is 0 Å². The first-order chi connectivity index (χ1) is 11.2. The third kappa shape index (κ3) is 4.14. The van der Waals surface area contributed by atoms with Crippen LogP contribution >= 0.6 is 0 Å². The zero-order valence-electron chi connectivity index (χ0n) is 13.2. The third-order valence-corrected chi connectivity index (χ3v) is 3.64. The molecule has 0 aliphatic carbocycles. The summed E-state index contributed by atoms with van der Waals surface area (Å²) in [5.41, 5.74) is 1.54. The molecular weight excluding hydrogens is 323 g/mol. The number of nitrogens with zero attached hydrogens (tertiary/aromatic N) is 1. The summed E-state index contributed by atoms with van der Waals surface area (Å²) in [6, 6.07) is 1.94. The number of H-pyrrole nitrogens is 1. The summed E-state index contributed by atoms with van der Waals surface area (Å²) >= 11 is 0. The lowest BCUT2D eigenvalue weighted by atomic mass is 10.0. The minimum absolute atomic E-state index is 0.171. The predicted molar refractivity (Wildman–Crippen MR) is 81.6 cm³/mol. The monoisotopic (exact) mass is 341 g/mol. The number of alkyl halides is 3. The first-order valence-corrected chi connectivity index (χ1v) is 7.33. The number of hydrogen-bond acceptors (Lipinski definition) is 3. The fourth-order valence-corrected chi connectivity index (χ4v) is 2.21. The number of rotatable bonds is 5. The first kappa shape index (κ1) is 18.0. The van der Waals surface area contributed by atoms with Crippen molar-refractivity contribution in [3.63, 3.8) is 0 Å². The lowest BCUT2D eigenvalue weighted by Crippen LogP contribution is -2.35. The van der Waals surface area contributed by atoms with Crippen LogP contribution in [0, 0.1) is 6.92 Å². The van der Waals surface area contributed by atoms with Crippen LogP contribution in [0.5, 0.6) is 0 Å². The maximum absolute atomic E-state index is 12.5. The Morgan fingerprint density at radius 2 is 2.12 bits per heavy atom. The Morgan fingerprint density at radius 1 is 1.42 bits per heavy atom. The summed E-state index contributed by atoms with van der Waals surface area (Å²) in [6.07, 6.45) is -1.28. The second kappa shape index (κ2) is 7.04. The van der Waals surface area contributed by atoms with Gasteiger partial charge in [-0.3, -0.25) is 9.78 Å². The zero-order chi connectivity index (χ0) is 17.9. The molecule has 2 aromatic heterocycles. The van der Waals surface area contributed by atoms with Crippen LogP contribution < -0.4 is 5.32 Å². The Hall–Kier alpha value is -2.35. The average Bonchev–Trinajstić information content (AvgIpc) is 2.88. The van der Waals surface area contributed by atoms with Crippen molar-refractivity contribution in [3.05, 3.63) is 52.6 Å². The van der Waals surface area contributed by atoms with Crippen molar-refractivity contribution in [2.24, 2.45) is 0 Å². The molecule has 0 spiro atoms. The van der Waals surface area contributed by atoms with E-state index in [1.807, 2.05) is 0 Å². The van der Waals surface area contributed by atoms with Gasteiger partial charge in [-0.1, -0.05) is 6.07 Å². The Bertz CT molecular complexity index is 708. The van der Waals surface area contributed by atoms with Gasteiger partial charge in [-0.25, -0.2) is 0 Å². The van der Waals surface area contributed by atoms with Crippen LogP contribution in [0.3, 0.4) is 0 Å². The largest absolute Gasteiger partial charge is 0.433 e. The maximum Gasteiger partial charge on any atom is 0.433 e. The van der Waals surface area contributed by atoms with Crippen LogP contribution in [0.1, 0.15) is 39.8 Å². The summed E-state index contributed by atoms with van der Waals surface area (Å²) < 4.78 is 37.5. The van der Waals surface area contributed by atoms with E-state index >= 15 is 0 Å². The Labute approximate surface area is 136 Å². The molecule has 0 aromatic carbocycles. The molecule has 2 rings (SSSR count). The van der Waals surface area contributed by atoms with Crippen LogP contribution in [0.15, 0.2) is 24.5 Å². The predicted octanol–water partition coefficient (Wildman–Crippen LogP) is 2.44. The number of pyridine rings is 1. The van der Waals surface area contributed by atoms with Crippen LogP contribution in [-0.4, -0.2) is 33.6 Å². The van der Waals surface area contributed by atoms with Gasteiger partial charge in [0, 0.05) is 24.9 Å². The zero-order valence-corrected chi connectivity index (χ0v) is 13.2. The number of amides is 1. The molecule has 0 aliphatic heterocycles. The molecule has 130 valence electrons. The van der Waals surface area contributed by atoms with E-state index in [4.69, 9.17) is 5.11 Å². The minimum Gasteiger partial charge on any atom is -0.394 e. The Balaban J connectivity index is 2.13. The molecule has 0 saturated heterocycles. The van der Waals surface area contributed by atoms with Crippen molar-refractivity contribution in [2.75, 3.05) is 6.61 Å². The van der Waals surface area contributed by atoms with E-state index in [9.17, 15) is 18.0 Å². The number of aliphatic hydroxyl groups is 1. The Morgan fingerprint density at radius 3 is 2.67 bits per heavy atom. The molecule has 0 aliphatic rings. The average molecular weight is 341 g/mol. The van der Waals surface area contributed by atoms with E-state index in [-0.39, 0.29) is 18.6 Å². The van der Waals surface area contributed by atoms with Gasteiger partial charge in [-0.05, 0) is 36.6 Å². The molecule has 0 bridgehead atoms. The molecule has 0 fully saturated rings. The summed E-state index contributed by atoms with van der Waals surface area (Å²) in [7, 11) is 0. The van der Waals surface area contributed by atoms with Crippen LogP contribution in [0.4, 0.5) is 13.2 Å². The van der Waals surface area contributed by atoms with E-state index in [1.165, 1.54) is 12.3 Å². The van der Waals surface area contributed by atoms with Crippen LogP contribution in [0.2, 0.25) is 0 Å². The maximum atomic E-state index is 12.5. The fraction of sp³-hybridized carbons (Fsp3) is 0.375. The standard InChI is InChI=1S/C16H18F3N3O2/c1-9(8-23)22-15(24)14-10(2)12(7-21-14)5-11-3-4-13(20-6-11)16(17,18)19/h3-4,6-7,9,21,23H,5,8H2,1-2H3,(H,22,24)/t9-/m1/s1.